The third-order valence-corrected chi connectivity index (χ3v) is 6.24. The van der Waals surface area contributed by atoms with Crippen LogP contribution in [-0.2, 0) is 15.8 Å². The number of para-hydroxylation sites is 1. The van der Waals surface area contributed by atoms with Crippen LogP contribution in [0.3, 0.4) is 0 Å². The number of hydrogen-bond donors (Lipinski definition) is 0. The Morgan fingerprint density at radius 3 is 2.21 bits per heavy atom. The van der Waals surface area contributed by atoms with Gasteiger partial charge in [-0.1, -0.05) is 12.1 Å². The van der Waals surface area contributed by atoms with Crippen LogP contribution in [0.4, 0.5) is 18.9 Å². The molecule has 0 unspecified atom stereocenters. The summed E-state index contributed by atoms with van der Waals surface area (Å²) in [6, 6.07) is 8.20. The van der Waals surface area contributed by atoms with Crippen LogP contribution in [0.15, 0.2) is 47.7 Å². The van der Waals surface area contributed by atoms with E-state index in [2.05, 4.69) is 0 Å². The molecule has 2 aliphatic rings. The van der Waals surface area contributed by atoms with E-state index in [0.717, 1.165) is 11.0 Å². The number of halogens is 3. The predicted octanol–water partition coefficient (Wildman–Crippen LogP) is 5.26. The Hall–Kier alpha value is -3.49. The standard InChI is InChI=1S/C25H24F3NO5/c1-32-20-13-22(34-3)21(33-2)11-14(20)15-12-23(31)29(18-9-6-10-19(30)24(15)18)17-8-5-4-7-16(17)25(26,27)28/h4-5,7-8,11,13,15H,6,9-10,12H2,1-3H3/t15-/m1/s1. The summed E-state index contributed by atoms with van der Waals surface area (Å²) in [5.74, 6) is -0.197. The van der Waals surface area contributed by atoms with E-state index in [1.807, 2.05) is 0 Å². The Labute approximate surface area is 194 Å². The molecule has 0 saturated carbocycles. The second-order valence-electron chi connectivity index (χ2n) is 8.09. The van der Waals surface area contributed by atoms with E-state index >= 15 is 0 Å². The van der Waals surface area contributed by atoms with Crippen molar-refractivity contribution in [3.05, 3.63) is 58.8 Å². The van der Waals surface area contributed by atoms with Gasteiger partial charge in [0.1, 0.15) is 5.75 Å². The topological polar surface area (TPSA) is 65.1 Å². The number of amides is 1. The third-order valence-electron chi connectivity index (χ3n) is 6.24. The zero-order valence-electron chi connectivity index (χ0n) is 19.0. The largest absolute Gasteiger partial charge is 0.496 e. The Kier molecular flexibility index (Phi) is 6.29. The molecule has 180 valence electrons. The van der Waals surface area contributed by atoms with Crippen molar-refractivity contribution >= 4 is 17.4 Å². The van der Waals surface area contributed by atoms with Gasteiger partial charge in [0.05, 0.1) is 32.6 Å². The second kappa shape index (κ2) is 9.04. The molecule has 0 radical (unpaired) electrons. The number of methoxy groups -OCH3 is 3. The minimum absolute atomic E-state index is 0.190. The molecular formula is C25H24F3NO5. The number of ketones is 1. The molecule has 0 aromatic heterocycles. The van der Waals surface area contributed by atoms with Crippen molar-refractivity contribution in [1.29, 1.82) is 0 Å². The fourth-order valence-corrected chi connectivity index (χ4v) is 4.77. The zero-order chi connectivity index (χ0) is 24.6. The highest BCUT2D eigenvalue weighted by atomic mass is 19.4. The van der Waals surface area contributed by atoms with E-state index in [-0.39, 0.29) is 24.3 Å². The highest BCUT2D eigenvalue weighted by Crippen LogP contribution is 2.49. The molecule has 1 aliphatic heterocycles. The van der Waals surface area contributed by atoms with Crippen LogP contribution in [0.1, 0.15) is 42.7 Å². The first-order valence-electron chi connectivity index (χ1n) is 10.8. The number of carbonyl (C=O) groups excluding carboxylic acids is 2. The Balaban J connectivity index is 1.93. The number of Topliss-reactive ketones (excluding diaryl/α,β-unsaturated/α-hetero) is 1. The molecule has 0 bridgehead atoms. The summed E-state index contributed by atoms with van der Waals surface area (Å²) >= 11 is 0. The monoisotopic (exact) mass is 475 g/mol. The molecule has 1 atom stereocenters. The van der Waals surface area contributed by atoms with Crippen LogP contribution in [-0.4, -0.2) is 33.0 Å². The molecule has 1 heterocycles. The molecule has 6 nitrogen and oxygen atoms in total. The molecule has 4 rings (SSSR count). The number of hydrogen-bond acceptors (Lipinski definition) is 5. The van der Waals surface area contributed by atoms with Crippen molar-refractivity contribution in [2.45, 2.75) is 37.8 Å². The van der Waals surface area contributed by atoms with Crippen LogP contribution < -0.4 is 19.1 Å². The maximum atomic E-state index is 13.8. The molecule has 0 spiro atoms. The molecule has 0 fully saturated rings. The number of ether oxygens (including phenoxy) is 3. The molecule has 2 aromatic rings. The van der Waals surface area contributed by atoms with Crippen LogP contribution >= 0.6 is 0 Å². The number of nitrogens with zero attached hydrogens (tertiary/aromatic N) is 1. The van der Waals surface area contributed by atoms with Gasteiger partial charge in [-0.2, -0.15) is 13.2 Å². The first-order valence-corrected chi connectivity index (χ1v) is 10.8. The Morgan fingerprint density at radius 2 is 1.56 bits per heavy atom. The van der Waals surface area contributed by atoms with E-state index in [9.17, 15) is 22.8 Å². The lowest BCUT2D eigenvalue weighted by atomic mass is 9.76. The van der Waals surface area contributed by atoms with E-state index in [1.165, 1.54) is 39.5 Å². The number of anilines is 1. The molecule has 0 N–H and O–H groups in total. The molecule has 1 amide bonds. The Morgan fingerprint density at radius 1 is 0.912 bits per heavy atom. The van der Waals surface area contributed by atoms with Crippen molar-refractivity contribution in [1.82, 2.24) is 0 Å². The highest BCUT2D eigenvalue weighted by Gasteiger charge is 2.44. The van der Waals surface area contributed by atoms with E-state index in [1.54, 1.807) is 12.1 Å². The van der Waals surface area contributed by atoms with Gasteiger partial charge in [0.2, 0.25) is 5.91 Å². The summed E-state index contributed by atoms with van der Waals surface area (Å²) in [5, 5.41) is 0. The maximum absolute atomic E-state index is 13.8. The third kappa shape index (κ3) is 3.99. The van der Waals surface area contributed by atoms with Crippen molar-refractivity contribution in [2.75, 3.05) is 26.2 Å². The minimum atomic E-state index is -4.65. The molecule has 34 heavy (non-hydrogen) atoms. The Bertz CT molecular complexity index is 1170. The van der Waals surface area contributed by atoms with Crippen LogP contribution in [0.25, 0.3) is 0 Å². The number of benzene rings is 2. The van der Waals surface area contributed by atoms with Gasteiger partial charge in [0.25, 0.3) is 0 Å². The van der Waals surface area contributed by atoms with Crippen LogP contribution in [0.5, 0.6) is 17.2 Å². The zero-order valence-corrected chi connectivity index (χ0v) is 19.0. The lowest BCUT2D eigenvalue weighted by Crippen LogP contribution is -2.41. The van der Waals surface area contributed by atoms with Crippen molar-refractivity contribution < 1.29 is 37.0 Å². The average Bonchev–Trinajstić information content (AvgIpc) is 2.82. The van der Waals surface area contributed by atoms with Gasteiger partial charge >= 0.3 is 6.18 Å². The van der Waals surface area contributed by atoms with Gasteiger partial charge in [-0.15, -0.1) is 0 Å². The first kappa shape index (κ1) is 23.7. The summed E-state index contributed by atoms with van der Waals surface area (Å²) in [6.45, 7) is 0. The lowest BCUT2D eigenvalue weighted by Gasteiger charge is -2.39. The quantitative estimate of drug-likeness (QED) is 0.591. The fourth-order valence-electron chi connectivity index (χ4n) is 4.77. The van der Waals surface area contributed by atoms with Gasteiger partial charge in [0.15, 0.2) is 17.3 Å². The van der Waals surface area contributed by atoms with Crippen molar-refractivity contribution in [2.24, 2.45) is 0 Å². The van der Waals surface area contributed by atoms with Gasteiger partial charge in [0, 0.05) is 41.7 Å². The van der Waals surface area contributed by atoms with E-state index in [4.69, 9.17) is 14.2 Å². The summed E-state index contributed by atoms with van der Waals surface area (Å²) in [7, 11) is 4.40. The summed E-state index contributed by atoms with van der Waals surface area (Å²) in [5.41, 5.74) is 0.00897. The summed E-state index contributed by atoms with van der Waals surface area (Å²) in [4.78, 5) is 27.6. The SMILES string of the molecule is COc1cc(OC)c([C@H]2CC(=O)N(c3ccccc3C(F)(F)F)C3=C2C(=O)CCC3)cc1OC. The predicted molar refractivity (Wildman–Crippen MR) is 118 cm³/mol. The lowest BCUT2D eigenvalue weighted by molar-refractivity contribution is -0.137. The summed E-state index contributed by atoms with van der Waals surface area (Å²) < 4.78 is 57.5. The molecular weight excluding hydrogens is 451 g/mol. The maximum Gasteiger partial charge on any atom is 0.418 e. The van der Waals surface area contributed by atoms with Crippen molar-refractivity contribution in [3.8, 4) is 17.2 Å². The normalized spacial score (nSPS) is 18.6. The molecule has 0 saturated heterocycles. The van der Waals surface area contributed by atoms with Crippen LogP contribution in [0, 0.1) is 0 Å². The van der Waals surface area contributed by atoms with Gasteiger partial charge in [-0.3, -0.25) is 14.5 Å². The smallest absolute Gasteiger partial charge is 0.418 e. The molecule has 1 aliphatic carbocycles. The van der Waals surface area contributed by atoms with Gasteiger partial charge < -0.3 is 14.2 Å². The minimum Gasteiger partial charge on any atom is -0.496 e. The fraction of sp³-hybridized carbons (Fsp3) is 0.360. The van der Waals surface area contributed by atoms with Crippen molar-refractivity contribution in [3.63, 3.8) is 0 Å². The second-order valence-corrected chi connectivity index (χ2v) is 8.09. The first-order chi connectivity index (χ1) is 16.2. The van der Waals surface area contributed by atoms with Gasteiger partial charge in [-0.25, -0.2) is 0 Å². The number of alkyl halides is 3. The number of carbonyl (C=O) groups is 2. The van der Waals surface area contributed by atoms with E-state index in [0.29, 0.717) is 46.9 Å². The highest BCUT2D eigenvalue weighted by molar-refractivity contribution is 6.08. The van der Waals surface area contributed by atoms with Crippen LogP contribution in [0.2, 0.25) is 0 Å². The van der Waals surface area contributed by atoms with E-state index < -0.39 is 23.6 Å². The number of allylic oxidation sites excluding steroid dienone is 2. The average molecular weight is 475 g/mol. The summed E-state index contributed by atoms with van der Waals surface area (Å²) in [6.07, 6.45) is -3.83. The molecule has 2 aromatic carbocycles. The molecule has 9 heteroatoms. The van der Waals surface area contributed by atoms with Gasteiger partial charge in [-0.05, 0) is 31.0 Å². The number of rotatable bonds is 5.